The van der Waals surface area contributed by atoms with Gasteiger partial charge >= 0.3 is 0 Å². The first-order chi connectivity index (χ1) is 9.25. The van der Waals surface area contributed by atoms with Gasteiger partial charge in [-0.15, -0.1) is 0 Å². The highest BCUT2D eigenvalue weighted by Crippen LogP contribution is 2.19. The molecule has 0 fully saturated rings. The number of hydrogen-bond acceptors (Lipinski definition) is 2. The van der Waals surface area contributed by atoms with Crippen LogP contribution in [0.2, 0.25) is 0 Å². The van der Waals surface area contributed by atoms with Crippen LogP contribution in [-0.2, 0) is 12.8 Å². The number of benzene rings is 1. The monoisotopic (exact) mass is 319 g/mol. The summed E-state index contributed by atoms with van der Waals surface area (Å²) in [5.74, 6) is 0.707. The average Bonchev–Trinajstić information content (AvgIpc) is 2.75. The van der Waals surface area contributed by atoms with Gasteiger partial charge in [0.05, 0.1) is 5.52 Å². The molecule has 0 spiro atoms. The number of hydrogen-bond donors (Lipinski definition) is 0. The molecule has 1 aromatic carbocycles. The van der Waals surface area contributed by atoms with E-state index in [-0.39, 0.29) is 5.82 Å². The fraction of sp³-hybridized carbons (Fsp3) is 0.143. The van der Waals surface area contributed by atoms with Gasteiger partial charge in [-0.25, -0.2) is 14.4 Å². The third kappa shape index (κ3) is 2.38. The van der Waals surface area contributed by atoms with Crippen molar-refractivity contribution >= 4 is 21.4 Å². The molecule has 0 atom stereocenters. The molecular formula is C14H11BrFN3. The van der Waals surface area contributed by atoms with Crippen molar-refractivity contribution in [2.75, 3.05) is 0 Å². The number of rotatable bonds is 3. The molecule has 3 rings (SSSR count). The summed E-state index contributed by atoms with van der Waals surface area (Å²) in [6, 6.07) is 8.72. The smallest absolute Gasteiger partial charge is 0.132 e. The van der Waals surface area contributed by atoms with Gasteiger partial charge < -0.3 is 0 Å². The van der Waals surface area contributed by atoms with Gasteiger partial charge in [0.2, 0.25) is 0 Å². The molecule has 2 heterocycles. The van der Waals surface area contributed by atoms with E-state index in [1.54, 1.807) is 24.7 Å². The summed E-state index contributed by atoms with van der Waals surface area (Å²) < 4.78 is 16.3. The van der Waals surface area contributed by atoms with Crippen LogP contribution in [0.4, 0.5) is 4.39 Å². The largest absolute Gasteiger partial charge is 0.286 e. The molecule has 0 saturated heterocycles. The highest BCUT2D eigenvalue weighted by atomic mass is 79.9. The van der Waals surface area contributed by atoms with E-state index in [1.165, 1.54) is 6.07 Å². The first-order valence-corrected chi connectivity index (χ1v) is 6.75. The Bertz CT molecular complexity index is 724. The molecule has 96 valence electrons. The van der Waals surface area contributed by atoms with E-state index in [0.717, 1.165) is 15.9 Å². The zero-order chi connectivity index (χ0) is 13.2. The zero-order valence-corrected chi connectivity index (χ0v) is 11.6. The van der Waals surface area contributed by atoms with Crippen molar-refractivity contribution in [2.24, 2.45) is 0 Å². The number of imidazole rings is 1. The van der Waals surface area contributed by atoms with Crippen molar-refractivity contribution in [3.63, 3.8) is 0 Å². The van der Waals surface area contributed by atoms with E-state index < -0.39 is 0 Å². The number of fused-ring (bicyclic) bond motifs is 1. The number of aryl methyl sites for hydroxylation is 2. The third-order valence-corrected chi connectivity index (χ3v) is 3.64. The van der Waals surface area contributed by atoms with Crippen LogP contribution in [0.25, 0.3) is 5.52 Å². The van der Waals surface area contributed by atoms with Crippen LogP contribution >= 0.6 is 15.9 Å². The summed E-state index contributed by atoms with van der Waals surface area (Å²) in [5, 5.41) is 0. The predicted molar refractivity (Wildman–Crippen MR) is 74.5 cm³/mol. The average molecular weight is 320 g/mol. The normalized spacial score (nSPS) is 11.1. The van der Waals surface area contributed by atoms with Gasteiger partial charge in [0.1, 0.15) is 22.6 Å². The molecule has 3 nitrogen and oxygen atoms in total. The van der Waals surface area contributed by atoms with Gasteiger partial charge in [0.15, 0.2) is 0 Å². The van der Waals surface area contributed by atoms with Crippen LogP contribution in [0.1, 0.15) is 11.4 Å². The Labute approximate surface area is 118 Å². The Morgan fingerprint density at radius 3 is 2.84 bits per heavy atom. The molecule has 3 aromatic rings. The minimum atomic E-state index is -0.166. The Hall–Kier alpha value is -1.75. The number of halogens is 2. The summed E-state index contributed by atoms with van der Waals surface area (Å²) in [6.45, 7) is 0. The van der Waals surface area contributed by atoms with E-state index in [4.69, 9.17) is 0 Å². The Kier molecular flexibility index (Phi) is 3.29. The molecular weight excluding hydrogens is 309 g/mol. The van der Waals surface area contributed by atoms with Gasteiger partial charge in [0, 0.05) is 12.6 Å². The summed E-state index contributed by atoms with van der Waals surface area (Å²) in [7, 11) is 0. The van der Waals surface area contributed by atoms with E-state index in [2.05, 4.69) is 25.9 Å². The third-order valence-electron chi connectivity index (χ3n) is 3.05. The topological polar surface area (TPSA) is 30.2 Å². The molecule has 0 amide bonds. The molecule has 0 saturated carbocycles. The van der Waals surface area contributed by atoms with Crippen LogP contribution < -0.4 is 0 Å². The van der Waals surface area contributed by atoms with Crippen LogP contribution in [0.15, 0.2) is 47.5 Å². The van der Waals surface area contributed by atoms with E-state index in [9.17, 15) is 4.39 Å². The molecule has 0 aliphatic heterocycles. The zero-order valence-electron chi connectivity index (χ0n) is 10.1. The minimum Gasteiger partial charge on any atom is -0.286 e. The molecule has 2 aromatic heterocycles. The second-order valence-corrected chi connectivity index (χ2v) is 5.00. The summed E-state index contributed by atoms with van der Waals surface area (Å²) in [5.41, 5.74) is 1.68. The molecule has 0 radical (unpaired) electrons. The molecule has 0 N–H and O–H groups in total. The lowest BCUT2D eigenvalue weighted by molar-refractivity contribution is 0.607. The van der Waals surface area contributed by atoms with E-state index in [1.807, 2.05) is 16.5 Å². The Morgan fingerprint density at radius 1 is 1.16 bits per heavy atom. The maximum atomic E-state index is 13.6. The molecule has 0 unspecified atom stereocenters. The van der Waals surface area contributed by atoms with Crippen LogP contribution in [-0.4, -0.2) is 14.4 Å². The van der Waals surface area contributed by atoms with Crippen LogP contribution in [0, 0.1) is 5.82 Å². The van der Waals surface area contributed by atoms with Gasteiger partial charge in [-0.05, 0) is 40.0 Å². The maximum absolute atomic E-state index is 13.6. The lowest BCUT2D eigenvalue weighted by Crippen LogP contribution is -2.00. The van der Waals surface area contributed by atoms with Crippen molar-refractivity contribution < 1.29 is 4.39 Å². The lowest BCUT2D eigenvalue weighted by Gasteiger charge is -2.02. The van der Waals surface area contributed by atoms with Gasteiger partial charge in [-0.1, -0.05) is 18.2 Å². The molecule has 0 bridgehead atoms. The Balaban J connectivity index is 1.88. The minimum absolute atomic E-state index is 0.166. The molecule has 0 aliphatic rings. The van der Waals surface area contributed by atoms with Crippen molar-refractivity contribution in [1.82, 2.24) is 14.4 Å². The summed E-state index contributed by atoms with van der Waals surface area (Å²) in [4.78, 5) is 8.54. The SMILES string of the molecule is Fc1ccccc1CCc1nc(Br)c2ccncn12. The van der Waals surface area contributed by atoms with Crippen molar-refractivity contribution in [1.29, 1.82) is 0 Å². The van der Waals surface area contributed by atoms with Gasteiger partial charge in [-0.2, -0.15) is 0 Å². The quantitative estimate of drug-likeness (QED) is 0.740. The lowest BCUT2D eigenvalue weighted by atomic mass is 10.1. The van der Waals surface area contributed by atoms with Crippen LogP contribution in [0.3, 0.4) is 0 Å². The fourth-order valence-electron chi connectivity index (χ4n) is 2.08. The van der Waals surface area contributed by atoms with Crippen LogP contribution in [0.5, 0.6) is 0 Å². The molecule has 5 heteroatoms. The van der Waals surface area contributed by atoms with Crippen molar-refractivity contribution in [3.8, 4) is 0 Å². The Morgan fingerprint density at radius 2 is 2.00 bits per heavy atom. The second kappa shape index (κ2) is 5.09. The highest BCUT2D eigenvalue weighted by Gasteiger charge is 2.09. The summed E-state index contributed by atoms with van der Waals surface area (Å²) in [6.07, 6.45) is 4.73. The van der Waals surface area contributed by atoms with Crippen molar-refractivity contribution in [2.45, 2.75) is 12.8 Å². The fourth-order valence-corrected chi connectivity index (χ4v) is 2.61. The van der Waals surface area contributed by atoms with E-state index in [0.29, 0.717) is 18.4 Å². The maximum Gasteiger partial charge on any atom is 0.132 e. The standard InChI is InChI=1S/C14H11BrFN3/c15-14-12-7-8-17-9-19(12)13(18-14)6-5-10-3-1-2-4-11(10)16/h1-4,7-9H,5-6H2. The number of nitrogens with zero attached hydrogens (tertiary/aromatic N) is 3. The molecule has 19 heavy (non-hydrogen) atoms. The van der Waals surface area contributed by atoms with Gasteiger partial charge in [0.25, 0.3) is 0 Å². The number of aromatic nitrogens is 3. The van der Waals surface area contributed by atoms with Gasteiger partial charge in [-0.3, -0.25) is 4.40 Å². The summed E-state index contributed by atoms with van der Waals surface area (Å²) >= 11 is 3.42. The second-order valence-electron chi connectivity index (χ2n) is 4.25. The van der Waals surface area contributed by atoms with Crippen molar-refractivity contribution in [3.05, 3.63) is 64.7 Å². The molecule has 0 aliphatic carbocycles. The van der Waals surface area contributed by atoms with E-state index >= 15 is 0 Å². The predicted octanol–water partition coefficient (Wildman–Crippen LogP) is 3.42. The first-order valence-electron chi connectivity index (χ1n) is 5.95. The highest BCUT2D eigenvalue weighted by molar-refractivity contribution is 9.10. The first kappa shape index (κ1) is 12.3.